The summed E-state index contributed by atoms with van der Waals surface area (Å²) in [7, 11) is 0. The number of nitrogens with two attached hydrogens (primary N) is 1. The Labute approximate surface area is 175 Å². The lowest BCUT2D eigenvalue weighted by molar-refractivity contribution is -0.275. The number of aliphatic hydroxyl groups is 1. The van der Waals surface area contributed by atoms with Gasteiger partial charge in [-0.05, 0) is 41.8 Å². The number of hydrogen-bond acceptors (Lipinski definition) is 4. The van der Waals surface area contributed by atoms with Gasteiger partial charge in [-0.3, -0.25) is 0 Å². The number of rotatable bonds is 7. The molecule has 32 heavy (non-hydrogen) atoms. The molecule has 178 valence electrons. The molecule has 0 spiro atoms. The summed E-state index contributed by atoms with van der Waals surface area (Å²) in [5.74, 6) is -1.59. The number of ether oxygens (including phenoxy) is 2. The van der Waals surface area contributed by atoms with Crippen LogP contribution in [0.5, 0.6) is 11.5 Å². The standard InChI is InChI=1S/C19H16F9NO3/c20-17(21,22)15(30)9-16(10-29,11-3-1-5-13(7-11)31-18(23,24)25)12-4-2-6-14(8-12)32-19(26,27)28/h1-8,15,30H,9-10,29H2. The fourth-order valence-corrected chi connectivity index (χ4v) is 3.15. The number of halogens is 9. The summed E-state index contributed by atoms with van der Waals surface area (Å²) in [6.07, 6.45) is -19.6. The van der Waals surface area contributed by atoms with Crippen LogP contribution in [0.2, 0.25) is 0 Å². The molecule has 4 nitrogen and oxygen atoms in total. The molecule has 3 N–H and O–H groups in total. The zero-order valence-corrected chi connectivity index (χ0v) is 15.9. The van der Waals surface area contributed by atoms with Crippen LogP contribution in [-0.4, -0.2) is 36.7 Å². The van der Waals surface area contributed by atoms with Gasteiger partial charge in [0.2, 0.25) is 0 Å². The lowest BCUT2D eigenvalue weighted by Crippen LogP contribution is -2.43. The second-order valence-electron chi connectivity index (χ2n) is 6.70. The summed E-state index contributed by atoms with van der Waals surface area (Å²) in [6, 6.07) is 7.57. The van der Waals surface area contributed by atoms with Crippen LogP contribution in [-0.2, 0) is 5.41 Å². The summed E-state index contributed by atoms with van der Waals surface area (Å²) < 4.78 is 122. The Morgan fingerprint density at radius 3 is 1.47 bits per heavy atom. The molecule has 0 saturated heterocycles. The molecule has 0 aliphatic heterocycles. The highest BCUT2D eigenvalue weighted by molar-refractivity contribution is 5.46. The van der Waals surface area contributed by atoms with Crippen molar-refractivity contribution in [3.8, 4) is 11.5 Å². The van der Waals surface area contributed by atoms with Gasteiger partial charge in [0.1, 0.15) is 11.5 Å². The zero-order chi connectivity index (χ0) is 24.4. The smallest absolute Gasteiger partial charge is 0.406 e. The minimum atomic E-state index is -5.14. The molecule has 0 radical (unpaired) electrons. The molecule has 2 aromatic rings. The van der Waals surface area contributed by atoms with Crippen molar-refractivity contribution < 1.29 is 54.1 Å². The van der Waals surface area contributed by atoms with E-state index in [1.807, 2.05) is 0 Å². The number of aliphatic hydroxyl groups excluding tert-OH is 1. The third-order valence-electron chi connectivity index (χ3n) is 4.51. The maximum absolute atomic E-state index is 13.1. The van der Waals surface area contributed by atoms with Gasteiger partial charge in [-0.1, -0.05) is 24.3 Å². The van der Waals surface area contributed by atoms with Gasteiger partial charge in [0, 0.05) is 12.0 Å². The molecule has 0 saturated carbocycles. The van der Waals surface area contributed by atoms with Crippen molar-refractivity contribution in [2.75, 3.05) is 6.54 Å². The molecule has 0 amide bonds. The van der Waals surface area contributed by atoms with E-state index < -0.39 is 54.9 Å². The van der Waals surface area contributed by atoms with Gasteiger partial charge in [-0.15, -0.1) is 26.3 Å². The van der Waals surface area contributed by atoms with Crippen LogP contribution in [0.25, 0.3) is 0 Å². The minimum Gasteiger partial charge on any atom is -0.406 e. The van der Waals surface area contributed by atoms with E-state index in [1.54, 1.807) is 0 Å². The minimum absolute atomic E-state index is 0.255. The van der Waals surface area contributed by atoms with Gasteiger partial charge in [0.15, 0.2) is 6.10 Å². The molecule has 1 atom stereocenters. The second kappa shape index (κ2) is 9.06. The lowest BCUT2D eigenvalue weighted by Gasteiger charge is -2.36. The SMILES string of the molecule is NCC(CC(O)C(F)(F)F)(c1cccc(OC(F)(F)F)c1)c1cccc(OC(F)(F)F)c1. The molecule has 2 rings (SSSR count). The Morgan fingerprint density at radius 1 is 0.750 bits per heavy atom. The second-order valence-corrected chi connectivity index (χ2v) is 6.70. The fourth-order valence-electron chi connectivity index (χ4n) is 3.15. The normalized spacial score (nSPS) is 14.2. The molecule has 1 unspecified atom stereocenters. The first-order valence-electron chi connectivity index (χ1n) is 8.73. The Bertz CT molecular complexity index is 850. The number of hydrogen-bond donors (Lipinski definition) is 2. The maximum atomic E-state index is 13.1. The van der Waals surface area contributed by atoms with Gasteiger partial charge in [0.25, 0.3) is 0 Å². The Balaban J connectivity index is 2.66. The summed E-state index contributed by atoms with van der Waals surface area (Å²) in [6.45, 7) is -0.717. The van der Waals surface area contributed by atoms with Crippen LogP contribution in [0.4, 0.5) is 39.5 Å². The largest absolute Gasteiger partial charge is 0.573 e. The highest BCUT2D eigenvalue weighted by atomic mass is 19.4. The molecule has 0 aliphatic rings. The summed E-state index contributed by atoms with van der Waals surface area (Å²) in [5, 5.41) is 9.68. The van der Waals surface area contributed by atoms with E-state index >= 15 is 0 Å². The highest BCUT2D eigenvalue weighted by Gasteiger charge is 2.46. The molecular weight excluding hydrogens is 461 g/mol. The Hall–Kier alpha value is -2.67. The van der Waals surface area contributed by atoms with E-state index in [9.17, 15) is 44.6 Å². The van der Waals surface area contributed by atoms with Crippen LogP contribution in [0.3, 0.4) is 0 Å². The molecule has 0 fully saturated rings. The van der Waals surface area contributed by atoms with Gasteiger partial charge in [0.05, 0.1) is 0 Å². The predicted octanol–water partition coefficient (Wildman–Crippen LogP) is 5.04. The first-order chi connectivity index (χ1) is 14.6. The van der Waals surface area contributed by atoms with Crippen LogP contribution < -0.4 is 15.2 Å². The Morgan fingerprint density at radius 2 is 1.16 bits per heavy atom. The molecule has 2 aromatic carbocycles. The summed E-state index contributed by atoms with van der Waals surface area (Å²) in [5.41, 5.74) is 3.15. The summed E-state index contributed by atoms with van der Waals surface area (Å²) >= 11 is 0. The number of benzene rings is 2. The van der Waals surface area contributed by atoms with E-state index in [-0.39, 0.29) is 11.1 Å². The Kier molecular flexibility index (Phi) is 7.24. The third-order valence-corrected chi connectivity index (χ3v) is 4.51. The van der Waals surface area contributed by atoms with Crippen LogP contribution >= 0.6 is 0 Å². The van der Waals surface area contributed by atoms with Crippen LogP contribution in [0.1, 0.15) is 17.5 Å². The zero-order valence-electron chi connectivity index (χ0n) is 15.9. The van der Waals surface area contributed by atoms with E-state index in [0.29, 0.717) is 0 Å². The quantitative estimate of drug-likeness (QED) is 0.549. The first-order valence-corrected chi connectivity index (χ1v) is 8.73. The van der Waals surface area contributed by atoms with Crippen molar-refractivity contribution >= 4 is 0 Å². The van der Waals surface area contributed by atoms with Crippen molar-refractivity contribution in [2.45, 2.75) is 36.8 Å². The van der Waals surface area contributed by atoms with Crippen LogP contribution in [0, 0.1) is 0 Å². The average molecular weight is 477 g/mol. The third kappa shape index (κ3) is 6.66. The predicted molar refractivity (Wildman–Crippen MR) is 92.8 cm³/mol. The van der Waals surface area contributed by atoms with Gasteiger partial charge in [-0.2, -0.15) is 13.2 Å². The van der Waals surface area contributed by atoms with Crippen molar-refractivity contribution in [1.82, 2.24) is 0 Å². The highest BCUT2D eigenvalue weighted by Crippen LogP contribution is 2.42. The number of alkyl halides is 9. The van der Waals surface area contributed by atoms with E-state index in [4.69, 9.17) is 5.73 Å². The van der Waals surface area contributed by atoms with Gasteiger partial charge < -0.3 is 20.3 Å². The molecule has 0 bridgehead atoms. The van der Waals surface area contributed by atoms with E-state index in [1.165, 1.54) is 0 Å². The van der Waals surface area contributed by atoms with E-state index in [2.05, 4.69) is 9.47 Å². The fraction of sp³-hybridized carbons (Fsp3) is 0.368. The molecule has 0 heterocycles. The maximum Gasteiger partial charge on any atom is 0.573 e. The molecular formula is C19H16F9NO3. The van der Waals surface area contributed by atoms with Gasteiger partial charge in [-0.25, -0.2) is 0 Å². The molecule has 0 aliphatic carbocycles. The van der Waals surface area contributed by atoms with Crippen molar-refractivity contribution in [3.63, 3.8) is 0 Å². The summed E-state index contributed by atoms with van der Waals surface area (Å²) in [4.78, 5) is 0. The van der Waals surface area contributed by atoms with Gasteiger partial charge >= 0.3 is 18.9 Å². The van der Waals surface area contributed by atoms with Crippen molar-refractivity contribution in [1.29, 1.82) is 0 Å². The molecule has 0 aromatic heterocycles. The topological polar surface area (TPSA) is 64.7 Å². The molecule has 13 heteroatoms. The van der Waals surface area contributed by atoms with Crippen LogP contribution in [0.15, 0.2) is 48.5 Å². The first kappa shape index (κ1) is 25.6. The van der Waals surface area contributed by atoms with E-state index in [0.717, 1.165) is 48.5 Å². The lowest BCUT2D eigenvalue weighted by atomic mass is 9.70. The average Bonchev–Trinajstić information content (AvgIpc) is 2.63. The monoisotopic (exact) mass is 477 g/mol. The van der Waals surface area contributed by atoms with Crippen molar-refractivity contribution in [3.05, 3.63) is 59.7 Å². The van der Waals surface area contributed by atoms with Crippen molar-refractivity contribution in [2.24, 2.45) is 5.73 Å².